The highest BCUT2D eigenvalue weighted by Gasteiger charge is 2.08. The molecule has 0 spiro atoms. The molecule has 0 aliphatic rings. The Morgan fingerprint density at radius 1 is 0.815 bits per heavy atom. The van der Waals surface area contributed by atoms with Gasteiger partial charge in [-0.3, -0.25) is 4.79 Å². The maximum atomic E-state index is 13.0. The number of fused-ring (bicyclic) bond motifs is 2. The topological polar surface area (TPSA) is 75.4 Å². The molecule has 0 aliphatic heterocycles. The maximum absolute atomic E-state index is 13.0. The smallest absolute Gasteiger partial charge is 0.197 e. The Morgan fingerprint density at radius 3 is 1.74 bits per heavy atom. The van der Waals surface area contributed by atoms with Gasteiger partial charge in [0.1, 0.15) is 24.7 Å². The van der Waals surface area contributed by atoms with Crippen LogP contribution in [0.4, 0.5) is 0 Å². The SMILES string of the molecule is CCNCCOc1ccc2[nH]c3ccc(OCCNCC)cc3c(=O)c2c1. The molecule has 2 aromatic carbocycles. The van der Waals surface area contributed by atoms with Crippen molar-refractivity contribution >= 4 is 21.8 Å². The number of pyridine rings is 1. The van der Waals surface area contributed by atoms with Crippen molar-refractivity contribution in [1.29, 1.82) is 0 Å². The van der Waals surface area contributed by atoms with E-state index in [1.54, 1.807) is 12.1 Å². The quantitative estimate of drug-likeness (QED) is 0.378. The normalized spacial score (nSPS) is 11.2. The average Bonchev–Trinajstić information content (AvgIpc) is 2.69. The summed E-state index contributed by atoms with van der Waals surface area (Å²) in [7, 11) is 0. The van der Waals surface area contributed by atoms with Crippen molar-refractivity contribution in [2.45, 2.75) is 13.8 Å². The molecule has 0 bridgehead atoms. The van der Waals surface area contributed by atoms with Crippen molar-refractivity contribution in [3.63, 3.8) is 0 Å². The van der Waals surface area contributed by atoms with Gasteiger partial charge in [-0.05, 0) is 49.5 Å². The van der Waals surface area contributed by atoms with Crippen LogP contribution in [0.3, 0.4) is 0 Å². The molecular formula is C21H27N3O3. The Labute approximate surface area is 158 Å². The molecule has 1 heterocycles. The lowest BCUT2D eigenvalue weighted by Gasteiger charge is -2.10. The first-order valence-corrected chi connectivity index (χ1v) is 9.49. The van der Waals surface area contributed by atoms with Gasteiger partial charge in [0.05, 0.1) is 11.0 Å². The first-order chi connectivity index (χ1) is 13.2. The molecule has 6 nitrogen and oxygen atoms in total. The van der Waals surface area contributed by atoms with Crippen molar-refractivity contribution in [2.24, 2.45) is 0 Å². The van der Waals surface area contributed by atoms with Crippen LogP contribution in [0.2, 0.25) is 0 Å². The number of ether oxygens (including phenoxy) is 2. The van der Waals surface area contributed by atoms with Crippen LogP contribution in [-0.2, 0) is 0 Å². The zero-order valence-corrected chi connectivity index (χ0v) is 15.9. The lowest BCUT2D eigenvalue weighted by molar-refractivity contribution is 0.316. The van der Waals surface area contributed by atoms with Gasteiger partial charge >= 0.3 is 0 Å². The minimum Gasteiger partial charge on any atom is -0.492 e. The molecule has 0 atom stereocenters. The molecule has 3 rings (SSSR count). The van der Waals surface area contributed by atoms with E-state index >= 15 is 0 Å². The van der Waals surface area contributed by atoms with Gasteiger partial charge < -0.3 is 25.1 Å². The highest BCUT2D eigenvalue weighted by molar-refractivity contribution is 5.93. The number of nitrogens with one attached hydrogen (secondary N) is 3. The third-order valence-electron chi connectivity index (χ3n) is 4.34. The average molecular weight is 369 g/mol. The van der Waals surface area contributed by atoms with Crippen LogP contribution in [0.1, 0.15) is 13.8 Å². The largest absolute Gasteiger partial charge is 0.492 e. The van der Waals surface area contributed by atoms with E-state index in [4.69, 9.17) is 9.47 Å². The summed E-state index contributed by atoms with van der Waals surface area (Å²) in [6.45, 7) is 8.60. The van der Waals surface area contributed by atoms with Gasteiger partial charge in [0.2, 0.25) is 0 Å². The van der Waals surface area contributed by atoms with E-state index in [-0.39, 0.29) is 5.43 Å². The number of H-pyrrole nitrogens is 1. The van der Waals surface area contributed by atoms with Crippen LogP contribution >= 0.6 is 0 Å². The monoisotopic (exact) mass is 369 g/mol. The number of rotatable bonds is 10. The molecule has 27 heavy (non-hydrogen) atoms. The van der Waals surface area contributed by atoms with Gasteiger partial charge in [-0.15, -0.1) is 0 Å². The summed E-state index contributed by atoms with van der Waals surface area (Å²) in [5.41, 5.74) is 1.58. The second kappa shape index (κ2) is 9.39. The highest BCUT2D eigenvalue weighted by Crippen LogP contribution is 2.22. The molecule has 0 amide bonds. The lowest BCUT2D eigenvalue weighted by Crippen LogP contribution is -2.20. The standard InChI is InChI=1S/C21H27N3O3/c1-3-22-9-11-26-15-5-7-19-17(13-15)21(25)18-14-16(6-8-20(18)24-19)27-12-10-23-4-2/h5-8,13-14,22-23H,3-4,9-12H2,1-2H3,(H,24,25). The third kappa shape index (κ3) is 4.78. The fourth-order valence-electron chi connectivity index (χ4n) is 2.95. The van der Waals surface area contributed by atoms with Crippen LogP contribution in [0, 0.1) is 0 Å². The molecule has 144 valence electrons. The summed E-state index contributed by atoms with van der Waals surface area (Å²) in [5.74, 6) is 1.39. The number of aromatic amines is 1. The molecule has 0 aliphatic carbocycles. The number of benzene rings is 2. The Morgan fingerprint density at radius 2 is 1.30 bits per heavy atom. The molecule has 3 aromatic rings. The second-order valence-corrected chi connectivity index (χ2v) is 6.27. The fourth-order valence-corrected chi connectivity index (χ4v) is 2.95. The van der Waals surface area contributed by atoms with Crippen LogP contribution in [0.25, 0.3) is 21.8 Å². The number of hydrogen-bond acceptors (Lipinski definition) is 5. The molecule has 3 N–H and O–H groups in total. The van der Waals surface area contributed by atoms with Gasteiger partial charge in [-0.25, -0.2) is 0 Å². The molecular weight excluding hydrogens is 342 g/mol. The number of aromatic nitrogens is 1. The summed E-state index contributed by atoms with van der Waals surface area (Å²) in [4.78, 5) is 16.3. The highest BCUT2D eigenvalue weighted by atomic mass is 16.5. The first kappa shape index (κ1) is 19.2. The zero-order valence-electron chi connectivity index (χ0n) is 15.9. The van der Waals surface area contributed by atoms with Crippen LogP contribution in [0.15, 0.2) is 41.2 Å². The summed E-state index contributed by atoms with van der Waals surface area (Å²) in [5, 5.41) is 7.66. The predicted octanol–water partition coefficient (Wildman–Crippen LogP) is 2.66. The summed E-state index contributed by atoms with van der Waals surface area (Å²) < 4.78 is 11.5. The predicted molar refractivity (Wildman–Crippen MR) is 110 cm³/mol. The lowest BCUT2D eigenvalue weighted by atomic mass is 10.1. The van der Waals surface area contributed by atoms with Crippen molar-refractivity contribution in [2.75, 3.05) is 39.4 Å². The molecule has 0 saturated carbocycles. The van der Waals surface area contributed by atoms with Crippen molar-refractivity contribution in [3.05, 3.63) is 46.6 Å². The van der Waals surface area contributed by atoms with Crippen molar-refractivity contribution in [1.82, 2.24) is 15.6 Å². The van der Waals surface area contributed by atoms with Gasteiger partial charge in [0.15, 0.2) is 5.43 Å². The van der Waals surface area contributed by atoms with E-state index in [0.717, 1.165) is 37.2 Å². The van der Waals surface area contributed by atoms with Crippen molar-refractivity contribution in [3.8, 4) is 11.5 Å². The minimum atomic E-state index is -0.0204. The van der Waals surface area contributed by atoms with Crippen LogP contribution < -0.4 is 25.5 Å². The molecule has 6 heteroatoms. The Balaban J connectivity index is 1.86. The molecule has 1 aromatic heterocycles. The van der Waals surface area contributed by atoms with Crippen LogP contribution in [-0.4, -0.2) is 44.4 Å². The van der Waals surface area contributed by atoms with E-state index in [1.807, 2.05) is 24.3 Å². The van der Waals surface area contributed by atoms with Crippen LogP contribution in [0.5, 0.6) is 11.5 Å². The molecule has 0 saturated heterocycles. The van der Waals surface area contributed by atoms with E-state index in [0.29, 0.717) is 35.5 Å². The van der Waals surface area contributed by atoms with Gasteiger partial charge in [-0.2, -0.15) is 0 Å². The number of hydrogen-bond donors (Lipinski definition) is 3. The third-order valence-corrected chi connectivity index (χ3v) is 4.34. The van der Waals surface area contributed by atoms with E-state index in [2.05, 4.69) is 29.5 Å². The van der Waals surface area contributed by atoms with Gasteiger partial charge in [0.25, 0.3) is 0 Å². The van der Waals surface area contributed by atoms with E-state index < -0.39 is 0 Å². The first-order valence-electron chi connectivity index (χ1n) is 9.49. The fraction of sp³-hybridized carbons (Fsp3) is 0.381. The Kier molecular flexibility index (Phi) is 6.68. The summed E-state index contributed by atoms with van der Waals surface area (Å²) in [6.07, 6.45) is 0. The maximum Gasteiger partial charge on any atom is 0.197 e. The van der Waals surface area contributed by atoms with Crippen molar-refractivity contribution < 1.29 is 9.47 Å². The Bertz CT molecular complexity index is 879. The molecule has 0 unspecified atom stereocenters. The minimum absolute atomic E-state index is 0.0204. The Hall–Kier alpha value is -2.57. The van der Waals surface area contributed by atoms with E-state index in [1.165, 1.54) is 0 Å². The van der Waals surface area contributed by atoms with E-state index in [9.17, 15) is 4.79 Å². The molecule has 0 radical (unpaired) electrons. The van der Waals surface area contributed by atoms with Gasteiger partial charge in [-0.1, -0.05) is 13.8 Å². The second-order valence-electron chi connectivity index (χ2n) is 6.27. The molecule has 0 fully saturated rings. The summed E-state index contributed by atoms with van der Waals surface area (Å²) in [6, 6.07) is 11.2. The summed E-state index contributed by atoms with van der Waals surface area (Å²) >= 11 is 0. The van der Waals surface area contributed by atoms with Gasteiger partial charge in [0, 0.05) is 23.9 Å². The number of likely N-dealkylation sites (N-methyl/N-ethyl adjacent to an activating group) is 2. The zero-order chi connectivity index (χ0) is 19.1.